The highest BCUT2D eigenvalue weighted by atomic mass is 16.5. The number of para-hydroxylation sites is 1. The lowest BCUT2D eigenvalue weighted by atomic mass is 9.88. The Morgan fingerprint density at radius 2 is 1.35 bits per heavy atom. The molecule has 0 amide bonds. The average molecular weight is 298 g/mol. The molecule has 0 N–H and O–H groups in total. The van der Waals surface area contributed by atoms with E-state index in [9.17, 15) is 0 Å². The van der Waals surface area contributed by atoms with E-state index < -0.39 is 0 Å². The Labute approximate surface area is 136 Å². The van der Waals surface area contributed by atoms with Crippen molar-refractivity contribution in [3.05, 3.63) is 83.9 Å². The Kier molecular flexibility index (Phi) is 3.09. The van der Waals surface area contributed by atoms with E-state index in [1.165, 1.54) is 27.8 Å². The van der Waals surface area contributed by atoms with Gasteiger partial charge >= 0.3 is 0 Å². The molecule has 112 valence electrons. The first kappa shape index (κ1) is 13.8. The fourth-order valence-electron chi connectivity index (χ4n) is 3.29. The van der Waals surface area contributed by atoms with Gasteiger partial charge in [-0.25, -0.2) is 0 Å². The molecular formula is C22H18O. The second-order valence-corrected chi connectivity index (χ2v) is 6.05. The highest BCUT2D eigenvalue weighted by Crippen LogP contribution is 2.44. The van der Waals surface area contributed by atoms with Crippen molar-refractivity contribution in [1.29, 1.82) is 0 Å². The second kappa shape index (κ2) is 5.13. The quantitative estimate of drug-likeness (QED) is 0.535. The van der Waals surface area contributed by atoms with Crippen LogP contribution in [-0.4, -0.2) is 0 Å². The zero-order valence-electron chi connectivity index (χ0n) is 13.4. The van der Waals surface area contributed by atoms with Crippen molar-refractivity contribution >= 4 is 5.76 Å². The molecule has 0 aromatic heterocycles. The number of fused-ring (bicyclic) bond motifs is 3. The number of benzene rings is 3. The molecule has 1 nitrogen and oxygen atoms in total. The van der Waals surface area contributed by atoms with E-state index in [0.29, 0.717) is 0 Å². The average Bonchev–Trinajstić information content (AvgIpc) is 2.56. The van der Waals surface area contributed by atoms with E-state index in [0.717, 1.165) is 22.6 Å². The van der Waals surface area contributed by atoms with Crippen molar-refractivity contribution < 1.29 is 4.74 Å². The van der Waals surface area contributed by atoms with Crippen LogP contribution in [0, 0.1) is 13.8 Å². The van der Waals surface area contributed by atoms with Crippen molar-refractivity contribution in [2.45, 2.75) is 13.8 Å². The molecule has 4 rings (SSSR count). The minimum Gasteiger partial charge on any atom is -0.457 e. The van der Waals surface area contributed by atoms with Gasteiger partial charge in [0.1, 0.15) is 11.5 Å². The van der Waals surface area contributed by atoms with Crippen LogP contribution in [0.2, 0.25) is 0 Å². The normalized spacial score (nSPS) is 12.3. The highest BCUT2D eigenvalue weighted by Gasteiger charge is 2.22. The topological polar surface area (TPSA) is 9.23 Å². The molecular weight excluding hydrogens is 280 g/mol. The van der Waals surface area contributed by atoms with E-state index in [-0.39, 0.29) is 0 Å². The van der Waals surface area contributed by atoms with Crippen LogP contribution in [-0.2, 0) is 0 Å². The number of aryl methyl sites for hydroxylation is 2. The molecule has 1 heterocycles. The lowest BCUT2D eigenvalue weighted by Gasteiger charge is -2.24. The molecule has 1 aliphatic heterocycles. The first-order valence-electron chi connectivity index (χ1n) is 7.82. The van der Waals surface area contributed by atoms with Crippen molar-refractivity contribution in [2.75, 3.05) is 0 Å². The van der Waals surface area contributed by atoms with Gasteiger partial charge < -0.3 is 4.74 Å². The predicted octanol–water partition coefficient (Wildman–Crippen LogP) is 6.00. The maximum Gasteiger partial charge on any atom is 0.135 e. The van der Waals surface area contributed by atoms with Crippen LogP contribution in [0.4, 0.5) is 0 Å². The number of hydrogen-bond acceptors (Lipinski definition) is 1. The van der Waals surface area contributed by atoms with Gasteiger partial charge in [-0.2, -0.15) is 0 Å². The van der Waals surface area contributed by atoms with Crippen molar-refractivity contribution in [3.63, 3.8) is 0 Å². The van der Waals surface area contributed by atoms with E-state index in [1.54, 1.807) is 0 Å². The summed E-state index contributed by atoms with van der Waals surface area (Å²) < 4.78 is 5.89. The molecule has 0 saturated carbocycles. The molecule has 3 aromatic carbocycles. The van der Waals surface area contributed by atoms with E-state index in [4.69, 9.17) is 4.74 Å². The lowest BCUT2D eigenvalue weighted by molar-refractivity contribution is 0.513. The molecule has 1 heteroatoms. The largest absolute Gasteiger partial charge is 0.457 e. The predicted molar refractivity (Wildman–Crippen MR) is 96.5 cm³/mol. The molecule has 0 atom stereocenters. The van der Waals surface area contributed by atoms with Gasteiger partial charge in [0.2, 0.25) is 0 Å². The molecule has 0 radical (unpaired) electrons. The SMILES string of the molecule is C=C1Oc2ccccc2-c2cc(-c3ccccc3C)c(C)cc21. The Morgan fingerprint density at radius 1 is 0.652 bits per heavy atom. The summed E-state index contributed by atoms with van der Waals surface area (Å²) in [6.07, 6.45) is 0. The third-order valence-electron chi connectivity index (χ3n) is 4.51. The zero-order valence-corrected chi connectivity index (χ0v) is 13.4. The van der Waals surface area contributed by atoms with Gasteiger partial charge in [-0.15, -0.1) is 0 Å². The zero-order chi connectivity index (χ0) is 16.0. The van der Waals surface area contributed by atoms with Crippen LogP contribution in [0.1, 0.15) is 16.7 Å². The van der Waals surface area contributed by atoms with Gasteiger partial charge in [-0.3, -0.25) is 0 Å². The molecule has 23 heavy (non-hydrogen) atoms. The van der Waals surface area contributed by atoms with Crippen molar-refractivity contribution in [3.8, 4) is 28.0 Å². The molecule has 3 aromatic rings. The third-order valence-corrected chi connectivity index (χ3v) is 4.51. The van der Waals surface area contributed by atoms with Gasteiger partial charge in [0.15, 0.2) is 0 Å². The van der Waals surface area contributed by atoms with Gasteiger partial charge in [-0.05, 0) is 59.9 Å². The Hall–Kier alpha value is -2.80. The number of hydrogen-bond donors (Lipinski definition) is 0. The van der Waals surface area contributed by atoms with E-state index >= 15 is 0 Å². The van der Waals surface area contributed by atoms with Crippen LogP contribution in [0.25, 0.3) is 28.0 Å². The Morgan fingerprint density at radius 3 is 2.13 bits per heavy atom. The summed E-state index contributed by atoms with van der Waals surface area (Å²) in [6, 6.07) is 21.1. The summed E-state index contributed by atoms with van der Waals surface area (Å²) >= 11 is 0. The fourth-order valence-corrected chi connectivity index (χ4v) is 3.29. The number of ether oxygens (including phenoxy) is 1. The van der Waals surface area contributed by atoms with Crippen LogP contribution < -0.4 is 4.74 Å². The summed E-state index contributed by atoms with van der Waals surface area (Å²) in [5.41, 5.74) is 8.48. The fraction of sp³-hybridized carbons (Fsp3) is 0.0909. The lowest BCUT2D eigenvalue weighted by Crippen LogP contribution is -2.05. The maximum absolute atomic E-state index is 5.89. The minimum absolute atomic E-state index is 0.720. The summed E-state index contributed by atoms with van der Waals surface area (Å²) in [4.78, 5) is 0. The standard InChI is InChI=1S/C22H18O/c1-14-8-4-5-9-17(14)19-13-21-18-10-6-7-11-22(18)23-16(3)20(21)12-15(19)2/h4-13H,3H2,1-2H3. The van der Waals surface area contributed by atoms with Gasteiger partial charge in [0, 0.05) is 11.1 Å². The number of rotatable bonds is 1. The van der Waals surface area contributed by atoms with E-state index in [2.05, 4.69) is 62.9 Å². The monoisotopic (exact) mass is 298 g/mol. The molecule has 0 bridgehead atoms. The van der Waals surface area contributed by atoms with E-state index in [1.807, 2.05) is 18.2 Å². The van der Waals surface area contributed by atoms with Gasteiger partial charge in [-0.1, -0.05) is 49.0 Å². The summed E-state index contributed by atoms with van der Waals surface area (Å²) in [7, 11) is 0. The van der Waals surface area contributed by atoms with Gasteiger partial charge in [0.05, 0.1) is 0 Å². The molecule has 0 fully saturated rings. The Balaban J connectivity index is 2.01. The summed E-state index contributed by atoms with van der Waals surface area (Å²) in [5.74, 6) is 1.60. The first-order chi connectivity index (χ1) is 11.1. The third kappa shape index (κ3) is 2.17. The second-order valence-electron chi connectivity index (χ2n) is 6.05. The van der Waals surface area contributed by atoms with Crippen molar-refractivity contribution in [2.24, 2.45) is 0 Å². The van der Waals surface area contributed by atoms with Crippen molar-refractivity contribution in [1.82, 2.24) is 0 Å². The molecule has 0 aliphatic carbocycles. The summed E-state index contributed by atoms with van der Waals surface area (Å²) in [6.45, 7) is 8.40. The highest BCUT2D eigenvalue weighted by molar-refractivity contribution is 5.90. The van der Waals surface area contributed by atoms with Crippen LogP contribution in [0.5, 0.6) is 5.75 Å². The molecule has 0 unspecified atom stereocenters. The van der Waals surface area contributed by atoms with Crippen LogP contribution in [0.15, 0.2) is 67.2 Å². The summed E-state index contributed by atoms with van der Waals surface area (Å²) in [5, 5.41) is 0. The Bertz CT molecular complexity index is 934. The first-order valence-corrected chi connectivity index (χ1v) is 7.82. The minimum atomic E-state index is 0.720. The van der Waals surface area contributed by atoms with Crippen LogP contribution >= 0.6 is 0 Å². The smallest absolute Gasteiger partial charge is 0.135 e. The maximum atomic E-state index is 5.89. The van der Waals surface area contributed by atoms with Gasteiger partial charge in [0.25, 0.3) is 0 Å². The van der Waals surface area contributed by atoms with Crippen LogP contribution in [0.3, 0.4) is 0 Å². The molecule has 0 saturated heterocycles. The molecule has 0 spiro atoms. The molecule has 1 aliphatic rings.